The number of hydrogen-bond donors (Lipinski definition) is 3. The van der Waals surface area contributed by atoms with Crippen molar-refractivity contribution in [1.29, 1.82) is 0 Å². The maximum absolute atomic E-state index is 13.2. The lowest BCUT2D eigenvalue weighted by Crippen LogP contribution is -2.34. The third kappa shape index (κ3) is 7.21. The van der Waals surface area contributed by atoms with E-state index in [4.69, 9.17) is 16.7 Å². The molecule has 0 bridgehead atoms. The molecule has 2 aromatic rings. The molecule has 36 heavy (non-hydrogen) atoms. The Bertz CT molecular complexity index is 1170. The fourth-order valence-electron chi connectivity index (χ4n) is 3.90. The van der Waals surface area contributed by atoms with E-state index in [2.05, 4.69) is 27.1 Å². The van der Waals surface area contributed by atoms with Gasteiger partial charge in [-0.25, -0.2) is 4.98 Å². The van der Waals surface area contributed by atoms with E-state index < -0.39 is 29.3 Å². The molecule has 194 valence electrons. The zero-order valence-corrected chi connectivity index (χ0v) is 20.4. The van der Waals surface area contributed by atoms with Crippen LogP contribution in [0.2, 0.25) is 5.28 Å². The van der Waals surface area contributed by atoms with Crippen molar-refractivity contribution < 1.29 is 33.0 Å². The molecule has 8 nitrogen and oxygen atoms in total. The number of aliphatic carboxylic acids is 1. The summed E-state index contributed by atoms with van der Waals surface area (Å²) in [6.07, 6.45) is -1.17. The number of rotatable bonds is 6. The third-order valence-electron chi connectivity index (χ3n) is 5.83. The molecule has 3 N–H and O–H groups in total. The van der Waals surface area contributed by atoms with Crippen molar-refractivity contribution in [3.63, 3.8) is 0 Å². The number of aliphatic hydroxyl groups is 1. The van der Waals surface area contributed by atoms with E-state index in [0.29, 0.717) is 37.8 Å². The Morgan fingerprint density at radius 1 is 1.22 bits per heavy atom. The molecule has 0 aliphatic heterocycles. The molecule has 1 amide bonds. The molecule has 2 aromatic heterocycles. The Morgan fingerprint density at radius 3 is 2.42 bits per heavy atom. The Hall–Kier alpha value is -3.10. The number of carboxylic acids is 1. The van der Waals surface area contributed by atoms with Crippen LogP contribution in [0, 0.1) is 23.7 Å². The first-order valence-corrected chi connectivity index (χ1v) is 11.7. The van der Waals surface area contributed by atoms with Gasteiger partial charge in [0.05, 0.1) is 12.5 Å². The molecule has 0 radical (unpaired) electrons. The second-order valence-electron chi connectivity index (χ2n) is 9.29. The largest absolute Gasteiger partial charge is 0.481 e. The number of carboxylic acid groups (broad SMARTS) is 1. The van der Waals surface area contributed by atoms with Crippen molar-refractivity contribution >= 4 is 23.5 Å². The summed E-state index contributed by atoms with van der Waals surface area (Å²) in [5.74, 6) is 3.60. The van der Waals surface area contributed by atoms with Crippen LogP contribution in [-0.4, -0.2) is 48.8 Å². The Balaban J connectivity index is 1.84. The second kappa shape index (κ2) is 10.9. The quantitative estimate of drug-likeness (QED) is 0.494. The van der Waals surface area contributed by atoms with Crippen LogP contribution in [0.1, 0.15) is 67.0 Å². The number of halogens is 4. The van der Waals surface area contributed by atoms with Gasteiger partial charge in [0.15, 0.2) is 0 Å². The molecule has 2 heterocycles. The van der Waals surface area contributed by atoms with Crippen LogP contribution in [0.25, 0.3) is 0 Å². The number of amides is 1. The van der Waals surface area contributed by atoms with Gasteiger partial charge in [-0.05, 0) is 74.6 Å². The van der Waals surface area contributed by atoms with Crippen molar-refractivity contribution in [2.45, 2.75) is 57.9 Å². The standard InChI is InChI=1S/C24H26ClF3N4O4/c1-23(2,36)10-9-17-19(20(33)30-11-14-3-6-16(7-4-14)21(34)35)32(22(25)31-17)13-15-5-8-18(29-12-15)24(26,27)28/h5,8,12,14,16,36H,3-4,6-7,11,13H2,1-2H3,(H,30,33)(H,34,35)/t14-,16-. The summed E-state index contributed by atoms with van der Waals surface area (Å²) >= 11 is 6.28. The minimum atomic E-state index is -4.58. The van der Waals surface area contributed by atoms with Gasteiger partial charge >= 0.3 is 12.1 Å². The first-order valence-electron chi connectivity index (χ1n) is 11.3. The maximum atomic E-state index is 13.2. The van der Waals surface area contributed by atoms with E-state index in [1.165, 1.54) is 24.5 Å². The fraction of sp³-hybridized carbons (Fsp3) is 0.500. The molecule has 1 aliphatic rings. The fourth-order valence-corrected chi connectivity index (χ4v) is 4.13. The topological polar surface area (TPSA) is 117 Å². The van der Waals surface area contributed by atoms with Crippen LogP contribution >= 0.6 is 11.6 Å². The van der Waals surface area contributed by atoms with Crippen LogP contribution in [0.5, 0.6) is 0 Å². The van der Waals surface area contributed by atoms with Gasteiger partial charge in [-0.15, -0.1) is 0 Å². The summed E-state index contributed by atoms with van der Waals surface area (Å²) < 4.78 is 39.9. The highest BCUT2D eigenvalue weighted by molar-refractivity contribution is 6.29. The maximum Gasteiger partial charge on any atom is 0.433 e. The number of aromatic nitrogens is 3. The highest BCUT2D eigenvalue weighted by Crippen LogP contribution is 2.29. The lowest BCUT2D eigenvalue weighted by molar-refractivity contribution is -0.143. The zero-order valence-electron chi connectivity index (χ0n) is 19.7. The molecular formula is C24H26ClF3N4O4. The lowest BCUT2D eigenvalue weighted by atomic mass is 9.82. The van der Waals surface area contributed by atoms with Crippen molar-refractivity contribution in [3.8, 4) is 11.8 Å². The number of carbonyl (C=O) groups is 2. The number of pyridine rings is 1. The summed E-state index contributed by atoms with van der Waals surface area (Å²) in [6, 6.07) is 2.07. The second-order valence-corrected chi connectivity index (χ2v) is 9.63. The number of imidazole rings is 1. The first kappa shape index (κ1) is 27.5. The molecule has 0 saturated heterocycles. The Kier molecular flexibility index (Phi) is 8.31. The monoisotopic (exact) mass is 526 g/mol. The van der Waals surface area contributed by atoms with E-state index in [1.807, 2.05) is 0 Å². The smallest absolute Gasteiger partial charge is 0.433 e. The van der Waals surface area contributed by atoms with Crippen LogP contribution < -0.4 is 5.32 Å². The SMILES string of the molecule is CC(C)(O)C#Cc1nc(Cl)n(Cc2ccc(C(F)(F)F)nc2)c1C(=O)NC[C@H]1CC[C@H](C(=O)O)CC1. The molecule has 0 spiro atoms. The van der Waals surface area contributed by atoms with E-state index in [9.17, 15) is 27.9 Å². The van der Waals surface area contributed by atoms with Gasteiger partial charge < -0.3 is 20.1 Å². The van der Waals surface area contributed by atoms with Gasteiger partial charge in [-0.1, -0.05) is 12.0 Å². The van der Waals surface area contributed by atoms with Gasteiger partial charge in [0.25, 0.3) is 5.91 Å². The van der Waals surface area contributed by atoms with Gasteiger partial charge in [0, 0.05) is 12.7 Å². The van der Waals surface area contributed by atoms with Crippen molar-refractivity contribution in [2.75, 3.05) is 6.54 Å². The summed E-state index contributed by atoms with van der Waals surface area (Å²) in [4.78, 5) is 31.9. The highest BCUT2D eigenvalue weighted by Gasteiger charge is 2.32. The van der Waals surface area contributed by atoms with E-state index in [-0.39, 0.29) is 35.1 Å². The summed E-state index contributed by atoms with van der Waals surface area (Å²) in [7, 11) is 0. The number of nitrogens with zero attached hydrogens (tertiary/aromatic N) is 3. The molecule has 1 saturated carbocycles. The Morgan fingerprint density at radius 2 is 1.89 bits per heavy atom. The minimum absolute atomic E-state index is 0.00382. The van der Waals surface area contributed by atoms with Crippen LogP contribution in [-0.2, 0) is 17.5 Å². The van der Waals surface area contributed by atoms with Gasteiger partial charge in [0.2, 0.25) is 5.28 Å². The van der Waals surface area contributed by atoms with Crippen LogP contribution in [0.3, 0.4) is 0 Å². The molecule has 0 atom stereocenters. The van der Waals surface area contributed by atoms with E-state index in [0.717, 1.165) is 12.3 Å². The van der Waals surface area contributed by atoms with E-state index in [1.54, 1.807) is 0 Å². The molecule has 0 unspecified atom stereocenters. The van der Waals surface area contributed by atoms with Gasteiger partial charge in [0.1, 0.15) is 22.7 Å². The molecule has 12 heteroatoms. The van der Waals surface area contributed by atoms with Crippen molar-refractivity contribution in [1.82, 2.24) is 19.9 Å². The molecule has 0 aromatic carbocycles. The van der Waals surface area contributed by atoms with Crippen molar-refractivity contribution in [2.24, 2.45) is 11.8 Å². The molecule has 1 fully saturated rings. The average molecular weight is 527 g/mol. The predicted molar refractivity (Wildman–Crippen MR) is 124 cm³/mol. The predicted octanol–water partition coefficient (Wildman–Crippen LogP) is 3.74. The zero-order chi connectivity index (χ0) is 26.7. The molecular weight excluding hydrogens is 501 g/mol. The van der Waals surface area contributed by atoms with Crippen LogP contribution in [0.15, 0.2) is 18.3 Å². The highest BCUT2D eigenvalue weighted by atomic mass is 35.5. The normalized spacial score (nSPS) is 18.3. The first-order chi connectivity index (χ1) is 16.7. The summed E-state index contributed by atoms with van der Waals surface area (Å²) in [5, 5.41) is 21.8. The average Bonchev–Trinajstić information content (AvgIpc) is 3.10. The molecule has 1 aliphatic carbocycles. The molecule has 3 rings (SSSR count). The number of alkyl halides is 3. The van der Waals surface area contributed by atoms with Gasteiger partial charge in [-0.3, -0.25) is 14.6 Å². The lowest BCUT2D eigenvalue weighted by Gasteiger charge is -2.26. The Labute approximate surface area is 210 Å². The van der Waals surface area contributed by atoms with E-state index >= 15 is 0 Å². The number of hydrogen-bond acceptors (Lipinski definition) is 5. The van der Waals surface area contributed by atoms with Gasteiger partial charge in [-0.2, -0.15) is 13.2 Å². The third-order valence-corrected chi connectivity index (χ3v) is 6.11. The summed E-state index contributed by atoms with van der Waals surface area (Å²) in [5.41, 5.74) is -2.06. The van der Waals surface area contributed by atoms with Crippen molar-refractivity contribution in [3.05, 3.63) is 46.3 Å². The number of carbonyl (C=O) groups excluding carboxylic acids is 1. The minimum Gasteiger partial charge on any atom is -0.481 e. The van der Waals surface area contributed by atoms with Crippen LogP contribution in [0.4, 0.5) is 13.2 Å². The number of nitrogens with one attached hydrogen (secondary N) is 1. The summed E-state index contributed by atoms with van der Waals surface area (Å²) in [6.45, 7) is 3.13.